The predicted octanol–water partition coefficient (Wildman–Crippen LogP) is -0.0788. The second-order valence-corrected chi connectivity index (χ2v) is 4.50. The van der Waals surface area contributed by atoms with Crippen LogP contribution in [0.15, 0.2) is 0 Å². The Kier molecular flexibility index (Phi) is 7.35. The van der Waals surface area contributed by atoms with Gasteiger partial charge in [-0.15, -0.1) is 0 Å². The maximum absolute atomic E-state index is 10.6. The number of aliphatic hydroxyl groups excluding tert-OH is 1. The van der Waals surface area contributed by atoms with Crippen molar-refractivity contribution in [3.8, 4) is 0 Å². The van der Waals surface area contributed by atoms with Crippen molar-refractivity contribution in [1.82, 2.24) is 4.90 Å². The molecule has 5 heteroatoms. The number of hydrogen-bond donors (Lipinski definition) is 1. The average Bonchev–Trinajstić information content (AvgIpc) is 2.36. The number of nitrogens with zero attached hydrogens (tertiary/aromatic N) is 1. The fourth-order valence-electron chi connectivity index (χ4n) is 1.98. The molecule has 1 aliphatic rings. The molecule has 1 saturated heterocycles. The summed E-state index contributed by atoms with van der Waals surface area (Å²) < 4.78 is 10.1. The number of rotatable bonds is 8. The maximum atomic E-state index is 10.6. The van der Waals surface area contributed by atoms with E-state index in [-0.39, 0.29) is 5.92 Å². The van der Waals surface area contributed by atoms with Crippen LogP contribution in [0.3, 0.4) is 0 Å². The van der Waals surface area contributed by atoms with E-state index in [1.54, 1.807) is 7.11 Å². The molecule has 0 aromatic rings. The number of ether oxygens (including phenoxy) is 2. The lowest BCUT2D eigenvalue weighted by Crippen LogP contribution is -2.40. The van der Waals surface area contributed by atoms with Gasteiger partial charge >= 0.3 is 0 Å². The molecule has 1 atom stereocenters. The number of hydrogen-bond acceptors (Lipinski definition) is 5. The minimum Gasteiger partial charge on any atom is -0.389 e. The minimum atomic E-state index is -0.459. The van der Waals surface area contributed by atoms with Crippen LogP contribution in [0.1, 0.15) is 12.8 Å². The van der Waals surface area contributed by atoms with Crippen LogP contribution in [0.25, 0.3) is 0 Å². The first kappa shape index (κ1) is 14.6. The Labute approximate surface area is 103 Å². The molecule has 0 aromatic heterocycles. The molecule has 1 fully saturated rings. The van der Waals surface area contributed by atoms with Crippen molar-refractivity contribution < 1.29 is 19.4 Å². The second kappa shape index (κ2) is 8.58. The molecule has 0 aromatic carbocycles. The van der Waals surface area contributed by atoms with Crippen LogP contribution in [-0.4, -0.2) is 69.0 Å². The van der Waals surface area contributed by atoms with Crippen LogP contribution >= 0.6 is 0 Å². The summed E-state index contributed by atoms with van der Waals surface area (Å²) in [6, 6.07) is 0. The van der Waals surface area contributed by atoms with Gasteiger partial charge < -0.3 is 24.3 Å². The Morgan fingerprint density at radius 3 is 2.71 bits per heavy atom. The molecule has 17 heavy (non-hydrogen) atoms. The Morgan fingerprint density at radius 1 is 1.41 bits per heavy atom. The summed E-state index contributed by atoms with van der Waals surface area (Å²) in [6.07, 6.45) is 2.39. The van der Waals surface area contributed by atoms with Crippen LogP contribution in [0.2, 0.25) is 0 Å². The number of carbonyl (C=O) groups is 1. The van der Waals surface area contributed by atoms with Crippen LogP contribution in [0.4, 0.5) is 0 Å². The van der Waals surface area contributed by atoms with E-state index in [0.29, 0.717) is 26.4 Å². The van der Waals surface area contributed by atoms with Crippen molar-refractivity contribution >= 4 is 6.29 Å². The molecular formula is C12H23NO4. The zero-order chi connectivity index (χ0) is 12.5. The topological polar surface area (TPSA) is 59.0 Å². The van der Waals surface area contributed by atoms with Crippen LogP contribution in [0.5, 0.6) is 0 Å². The molecule has 100 valence electrons. The molecule has 1 aliphatic heterocycles. The second-order valence-electron chi connectivity index (χ2n) is 4.50. The van der Waals surface area contributed by atoms with Gasteiger partial charge in [0.15, 0.2) is 0 Å². The molecular weight excluding hydrogens is 222 g/mol. The Morgan fingerprint density at radius 2 is 2.12 bits per heavy atom. The number of carbonyl (C=O) groups excluding carboxylic acids is 1. The highest BCUT2D eigenvalue weighted by Gasteiger charge is 2.20. The Balaban J connectivity index is 2.06. The van der Waals surface area contributed by atoms with Crippen LogP contribution in [-0.2, 0) is 14.3 Å². The zero-order valence-corrected chi connectivity index (χ0v) is 10.5. The van der Waals surface area contributed by atoms with Gasteiger partial charge in [-0.1, -0.05) is 0 Å². The highest BCUT2D eigenvalue weighted by molar-refractivity contribution is 5.53. The maximum Gasteiger partial charge on any atom is 0.123 e. The fraction of sp³-hybridized carbons (Fsp3) is 0.917. The van der Waals surface area contributed by atoms with E-state index in [1.165, 1.54) is 0 Å². The number of aliphatic hydroxyl groups is 1. The standard InChI is InChI=1S/C12H23NO4/c1-16-6-7-17-10-12(15)8-13-4-2-11(9-14)3-5-13/h9,11-12,15H,2-8,10H2,1H3. The van der Waals surface area contributed by atoms with Gasteiger partial charge in [0.25, 0.3) is 0 Å². The summed E-state index contributed by atoms with van der Waals surface area (Å²) >= 11 is 0. The molecule has 1 unspecified atom stereocenters. The van der Waals surface area contributed by atoms with Gasteiger partial charge in [-0.05, 0) is 25.9 Å². The van der Waals surface area contributed by atoms with Crippen molar-refractivity contribution in [1.29, 1.82) is 0 Å². The van der Waals surface area contributed by atoms with Crippen molar-refractivity contribution in [2.45, 2.75) is 18.9 Å². The van der Waals surface area contributed by atoms with E-state index in [4.69, 9.17) is 9.47 Å². The van der Waals surface area contributed by atoms with Gasteiger partial charge in [0.1, 0.15) is 6.29 Å². The fourth-order valence-corrected chi connectivity index (χ4v) is 1.98. The summed E-state index contributed by atoms with van der Waals surface area (Å²) in [7, 11) is 1.62. The average molecular weight is 245 g/mol. The van der Waals surface area contributed by atoms with Gasteiger partial charge in [-0.3, -0.25) is 0 Å². The summed E-state index contributed by atoms with van der Waals surface area (Å²) in [5, 5.41) is 9.75. The lowest BCUT2D eigenvalue weighted by molar-refractivity contribution is -0.112. The molecule has 1 heterocycles. The van der Waals surface area contributed by atoms with Crippen molar-refractivity contribution in [3.05, 3.63) is 0 Å². The van der Waals surface area contributed by atoms with Gasteiger partial charge in [-0.25, -0.2) is 0 Å². The summed E-state index contributed by atoms with van der Waals surface area (Å²) in [6.45, 7) is 3.81. The van der Waals surface area contributed by atoms with E-state index < -0.39 is 6.10 Å². The largest absolute Gasteiger partial charge is 0.389 e. The van der Waals surface area contributed by atoms with Crippen molar-refractivity contribution in [2.75, 3.05) is 46.6 Å². The molecule has 0 spiro atoms. The molecule has 1 rings (SSSR count). The number of β-amino-alcohol motifs (C(OH)–C–C–N with tert-alkyl or cyclic N) is 1. The molecule has 0 amide bonds. The number of aldehydes is 1. The first-order chi connectivity index (χ1) is 8.26. The third-order valence-corrected chi connectivity index (χ3v) is 3.04. The van der Waals surface area contributed by atoms with Crippen LogP contribution in [0, 0.1) is 5.92 Å². The third kappa shape index (κ3) is 6.12. The lowest BCUT2D eigenvalue weighted by atomic mass is 9.98. The molecule has 0 bridgehead atoms. The first-order valence-corrected chi connectivity index (χ1v) is 6.18. The minimum absolute atomic E-state index is 0.210. The van der Waals surface area contributed by atoms with E-state index >= 15 is 0 Å². The highest BCUT2D eigenvalue weighted by Crippen LogP contribution is 2.14. The molecule has 0 radical (unpaired) electrons. The summed E-state index contributed by atoms with van der Waals surface area (Å²) in [5.41, 5.74) is 0. The van der Waals surface area contributed by atoms with Gasteiger partial charge in [0, 0.05) is 19.6 Å². The lowest BCUT2D eigenvalue weighted by Gasteiger charge is -2.30. The third-order valence-electron chi connectivity index (χ3n) is 3.04. The van der Waals surface area contributed by atoms with Gasteiger partial charge in [0.2, 0.25) is 0 Å². The zero-order valence-electron chi connectivity index (χ0n) is 10.5. The van der Waals surface area contributed by atoms with Gasteiger partial charge in [-0.2, -0.15) is 0 Å². The smallest absolute Gasteiger partial charge is 0.123 e. The van der Waals surface area contributed by atoms with E-state index in [0.717, 1.165) is 32.2 Å². The van der Waals surface area contributed by atoms with E-state index in [9.17, 15) is 9.90 Å². The first-order valence-electron chi connectivity index (χ1n) is 6.18. The molecule has 5 nitrogen and oxygen atoms in total. The number of methoxy groups -OCH3 is 1. The highest BCUT2D eigenvalue weighted by atomic mass is 16.5. The SMILES string of the molecule is COCCOCC(O)CN1CCC(C=O)CC1. The predicted molar refractivity (Wildman–Crippen MR) is 63.9 cm³/mol. The summed E-state index contributed by atoms with van der Waals surface area (Å²) in [5.74, 6) is 0.210. The van der Waals surface area contributed by atoms with E-state index in [2.05, 4.69) is 4.90 Å². The molecule has 0 aliphatic carbocycles. The molecule has 0 saturated carbocycles. The normalized spacial score (nSPS) is 20.4. The number of likely N-dealkylation sites (tertiary alicyclic amines) is 1. The number of piperidine rings is 1. The Bertz CT molecular complexity index is 205. The summed E-state index contributed by atoms with van der Waals surface area (Å²) in [4.78, 5) is 12.8. The van der Waals surface area contributed by atoms with Gasteiger partial charge in [0.05, 0.1) is 25.9 Å². The quantitative estimate of drug-likeness (QED) is 0.479. The van der Waals surface area contributed by atoms with Crippen molar-refractivity contribution in [2.24, 2.45) is 5.92 Å². The van der Waals surface area contributed by atoms with E-state index in [1.807, 2.05) is 0 Å². The molecule has 1 N–H and O–H groups in total. The van der Waals surface area contributed by atoms with Crippen LogP contribution < -0.4 is 0 Å². The monoisotopic (exact) mass is 245 g/mol. The Hall–Kier alpha value is -0.490. The van der Waals surface area contributed by atoms with Crippen molar-refractivity contribution in [3.63, 3.8) is 0 Å².